The first-order valence-electron chi connectivity index (χ1n) is 6.57. The molecule has 0 amide bonds. The van der Waals surface area contributed by atoms with Gasteiger partial charge in [0.15, 0.2) is 5.82 Å². The molecular formula is C15H13N3OS. The Labute approximate surface area is 120 Å². The van der Waals surface area contributed by atoms with Crippen LogP contribution >= 0.6 is 11.3 Å². The van der Waals surface area contributed by atoms with Crippen molar-refractivity contribution in [1.82, 2.24) is 15.2 Å². The molecule has 100 valence electrons. The Morgan fingerprint density at radius 1 is 1.20 bits per heavy atom. The third-order valence-corrected chi connectivity index (χ3v) is 4.38. The topological polar surface area (TPSA) is 50.8 Å². The minimum atomic E-state index is 0.242. The van der Waals surface area contributed by atoms with Crippen LogP contribution in [0.2, 0.25) is 0 Å². The number of benzene rings is 1. The number of aromatic nitrogens is 3. The maximum absolute atomic E-state index is 5.81. The molecule has 1 atom stereocenters. The van der Waals surface area contributed by atoms with E-state index in [-0.39, 0.29) is 5.92 Å². The fraction of sp³-hybridized carbons (Fsp3) is 0.200. The van der Waals surface area contributed by atoms with E-state index in [0.717, 1.165) is 28.7 Å². The van der Waals surface area contributed by atoms with Crippen LogP contribution in [0.4, 0.5) is 0 Å². The number of para-hydroxylation sites is 1. The van der Waals surface area contributed by atoms with Crippen LogP contribution in [0.3, 0.4) is 0 Å². The van der Waals surface area contributed by atoms with Crippen molar-refractivity contribution >= 4 is 11.3 Å². The quantitative estimate of drug-likeness (QED) is 0.785. The number of fused-ring (bicyclic) bond motifs is 1. The van der Waals surface area contributed by atoms with Gasteiger partial charge in [-0.05, 0) is 29.5 Å². The smallest absolute Gasteiger partial charge is 0.191 e. The van der Waals surface area contributed by atoms with Crippen molar-refractivity contribution < 1.29 is 4.74 Å². The van der Waals surface area contributed by atoms with Crippen molar-refractivity contribution in [1.29, 1.82) is 0 Å². The lowest BCUT2D eigenvalue weighted by Crippen LogP contribution is -2.20. The Balaban J connectivity index is 1.60. The minimum absolute atomic E-state index is 0.242. The fourth-order valence-corrected chi connectivity index (χ4v) is 3.13. The third kappa shape index (κ3) is 2.00. The Kier molecular flexibility index (Phi) is 2.77. The summed E-state index contributed by atoms with van der Waals surface area (Å²) in [5.74, 6) is 2.91. The SMILES string of the molecule is c1csc(-c2n[nH]c(C3COc4ccccc4C3)n2)c1. The molecule has 3 aromatic rings. The summed E-state index contributed by atoms with van der Waals surface area (Å²) in [7, 11) is 0. The van der Waals surface area contributed by atoms with Gasteiger partial charge in [0.1, 0.15) is 11.6 Å². The number of ether oxygens (including phenoxy) is 1. The second kappa shape index (κ2) is 4.76. The van der Waals surface area contributed by atoms with Gasteiger partial charge in [0.2, 0.25) is 0 Å². The van der Waals surface area contributed by atoms with Crippen LogP contribution in [0.25, 0.3) is 10.7 Å². The Bertz CT molecular complexity index is 720. The highest BCUT2D eigenvalue weighted by molar-refractivity contribution is 7.13. The molecule has 0 radical (unpaired) electrons. The standard InChI is InChI=1S/C15H13N3OS/c1-2-5-12-10(4-1)8-11(9-19-12)14-16-15(18-17-14)13-6-3-7-20-13/h1-7,11H,8-9H2,(H,16,17,18). The first-order chi connectivity index (χ1) is 9.90. The number of nitrogens with one attached hydrogen (secondary N) is 1. The first kappa shape index (κ1) is 11.7. The third-order valence-electron chi connectivity index (χ3n) is 3.51. The van der Waals surface area contributed by atoms with Crippen molar-refractivity contribution in [3.05, 3.63) is 53.2 Å². The fourth-order valence-electron chi connectivity index (χ4n) is 2.48. The maximum Gasteiger partial charge on any atom is 0.191 e. The molecule has 3 heterocycles. The molecule has 0 bridgehead atoms. The van der Waals surface area contributed by atoms with Crippen molar-refractivity contribution in [2.45, 2.75) is 12.3 Å². The number of rotatable bonds is 2. The van der Waals surface area contributed by atoms with Gasteiger partial charge in [0.25, 0.3) is 0 Å². The number of hydrogen-bond acceptors (Lipinski definition) is 4. The Morgan fingerprint density at radius 3 is 3.05 bits per heavy atom. The van der Waals surface area contributed by atoms with Crippen LogP contribution in [0, 0.1) is 0 Å². The van der Waals surface area contributed by atoms with E-state index in [1.54, 1.807) is 11.3 Å². The van der Waals surface area contributed by atoms with E-state index in [9.17, 15) is 0 Å². The number of hydrogen-bond donors (Lipinski definition) is 1. The Hall–Kier alpha value is -2.14. The van der Waals surface area contributed by atoms with Crippen molar-refractivity contribution in [2.75, 3.05) is 6.61 Å². The van der Waals surface area contributed by atoms with Crippen LogP contribution in [-0.4, -0.2) is 21.8 Å². The number of H-pyrrole nitrogens is 1. The van der Waals surface area contributed by atoms with Gasteiger partial charge in [-0.15, -0.1) is 11.3 Å². The van der Waals surface area contributed by atoms with E-state index in [1.165, 1.54) is 5.56 Å². The molecule has 0 aliphatic carbocycles. The van der Waals surface area contributed by atoms with Gasteiger partial charge < -0.3 is 4.74 Å². The predicted molar refractivity (Wildman–Crippen MR) is 78.1 cm³/mol. The van der Waals surface area contributed by atoms with Gasteiger partial charge in [0.05, 0.1) is 17.4 Å². The first-order valence-corrected chi connectivity index (χ1v) is 7.45. The molecule has 20 heavy (non-hydrogen) atoms. The number of aromatic amines is 1. The van der Waals surface area contributed by atoms with Gasteiger partial charge >= 0.3 is 0 Å². The van der Waals surface area contributed by atoms with E-state index >= 15 is 0 Å². The molecule has 5 heteroatoms. The lowest BCUT2D eigenvalue weighted by Gasteiger charge is -2.23. The molecule has 1 unspecified atom stereocenters. The summed E-state index contributed by atoms with van der Waals surface area (Å²) in [6.07, 6.45) is 0.940. The van der Waals surface area contributed by atoms with Crippen molar-refractivity contribution in [2.24, 2.45) is 0 Å². The molecule has 0 spiro atoms. The average Bonchev–Trinajstić information content (AvgIpc) is 3.17. The van der Waals surface area contributed by atoms with Crippen molar-refractivity contribution in [3.63, 3.8) is 0 Å². The molecule has 4 nitrogen and oxygen atoms in total. The summed E-state index contributed by atoms with van der Waals surface area (Å²) >= 11 is 1.65. The number of thiophene rings is 1. The largest absolute Gasteiger partial charge is 0.493 e. The van der Waals surface area contributed by atoms with E-state index in [1.807, 2.05) is 35.7 Å². The lowest BCUT2D eigenvalue weighted by atomic mass is 9.96. The van der Waals surface area contributed by atoms with Crippen LogP contribution in [0.5, 0.6) is 5.75 Å². The zero-order chi connectivity index (χ0) is 13.4. The second-order valence-electron chi connectivity index (χ2n) is 4.84. The predicted octanol–water partition coefficient (Wildman–Crippen LogP) is 3.25. The van der Waals surface area contributed by atoms with E-state index in [2.05, 4.69) is 21.2 Å². The van der Waals surface area contributed by atoms with Gasteiger partial charge in [-0.2, -0.15) is 5.10 Å². The summed E-state index contributed by atoms with van der Waals surface area (Å²) in [5, 5.41) is 9.40. The van der Waals surface area contributed by atoms with Gasteiger partial charge in [-0.3, -0.25) is 5.10 Å². The molecule has 1 aromatic carbocycles. The second-order valence-corrected chi connectivity index (χ2v) is 5.79. The van der Waals surface area contributed by atoms with Crippen LogP contribution in [0.15, 0.2) is 41.8 Å². The molecule has 4 rings (SSSR count). The molecule has 0 saturated carbocycles. The zero-order valence-corrected chi connectivity index (χ0v) is 11.6. The summed E-state index contributed by atoms with van der Waals surface area (Å²) in [4.78, 5) is 5.70. The highest BCUT2D eigenvalue weighted by Gasteiger charge is 2.24. The van der Waals surface area contributed by atoms with E-state index < -0.39 is 0 Å². The molecule has 1 aliphatic rings. The summed E-state index contributed by atoms with van der Waals surface area (Å²) < 4.78 is 5.81. The average molecular weight is 283 g/mol. The summed E-state index contributed by atoms with van der Waals surface area (Å²) in [6.45, 7) is 0.649. The van der Waals surface area contributed by atoms with Gasteiger partial charge in [-0.25, -0.2) is 4.98 Å². The maximum atomic E-state index is 5.81. The molecular weight excluding hydrogens is 270 g/mol. The minimum Gasteiger partial charge on any atom is -0.493 e. The monoisotopic (exact) mass is 283 g/mol. The normalized spacial score (nSPS) is 17.5. The molecule has 0 fully saturated rings. The van der Waals surface area contributed by atoms with E-state index in [4.69, 9.17) is 4.74 Å². The number of nitrogens with zero attached hydrogens (tertiary/aromatic N) is 2. The van der Waals surface area contributed by atoms with Crippen LogP contribution in [0.1, 0.15) is 17.3 Å². The van der Waals surface area contributed by atoms with Crippen LogP contribution < -0.4 is 4.74 Å². The van der Waals surface area contributed by atoms with Crippen LogP contribution in [-0.2, 0) is 6.42 Å². The van der Waals surface area contributed by atoms with E-state index in [0.29, 0.717) is 6.61 Å². The molecule has 2 aromatic heterocycles. The summed E-state index contributed by atoms with van der Waals surface area (Å²) in [6, 6.07) is 12.2. The molecule has 1 aliphatic heterocycles. The highest BCUT2D eigenvalue weighted by atomic mass is 32.1. The molecule has 0 saturated heterocycles. The highest BCUT2D eigenvalue weighted by Crippen LogP contribution is 2.31. The molecule has 1 N–H and O–H groups in total. The lowest BCUT2D eigenvalue weighted by molar-refractivity contribution is 0.258. The zero-order valence-electron chi connectivity index (χ0n) is 10.7. The van der Waals surface area contributed by atoms with Gasteiger partial charge in [-0.1, -0.05) is 24.3 Å². The van der Waals surface area contributed by atoms with Crippen molar-refractivity contribution in [3.8, 4) is 16.5 Å². The van der Waals surface area contributed by atoms with Gasteiger partial charge in [0, 0.05) is 0 Å². The summed E-state index contributed by atoms with van der Waals surface area (Å²) in [5.41, 5.74) is 1.23. The Morgan fingerprint density at radius 2 is 2.15 bits per heavy atom.